The predicted molar refractivity (Wildman–Crippen MR) is 58.7 cm³/mol. The number of hydrogen-bond acceptors (Lipinski definition) is 3. The first-order chi connectivity index (χ1) is 7.61. The van der Waals surface area contributed by atoms with E-state index in [1.54, 1.807) is 0 Å². The number of rotatable bonds is 8. The molecule has 2 N–H and O–H groups in total. The maximum atomic E-state index is 11.2. The van der Waals surface area contributed by atoms with Crippen LogP contribution in [0.2, 0.25) is 0 Å². The highest BCUT2D eigenvalue weighted by molar-refractivity contribution is 5.78. The van der Waals surface area contributed by atoms with Crippen LogP contribution in [0, 0.1) is 12.3 Å². The Labute approximate surface area is 95.2 Å². The van der Waals surface area contributed by atoms with Crippen molar-refractivity contribution in [3.05, 3.63) is 0 Å². The standard InChI is InChI=1S/C11H17NO4/c1-3-4-5-6-7-10(13)12-8-9(16-2)11(14)15/h1,9H,4-8H2,2H3,(H,12,13)(H,14,15). The zero-order valence-corrected chi connectivity index (χ0v) is 9.36. The normalized spacial score (nSPS) is 11.5. The molecular weight excluding hydrogens is 210 g/mol. The van der Waals surface area contributed by atoms with Crippen molar-refractivity contribution < 1.29 is 19.4 Å². The Bertz CT molecular complexity index is 270. The molecule has 0 aliphatic rings. The van der Waals surface area contributed by atoms with E-state index in [4.69, 9.17) is 11.5 Å². The van der Waals surface area contributed by atoms with Gasteiger partial charge in [0.25, 0.3) is 0 Å². The average Bonchev–Trinajstić information content (AvgIpc) is 2.25. The molecule has 5 heteroatoms. The van der Waals surface area contributed by atoms with Crippen molar-refractivity contribution in [2.45, 2.75) is 31.8 Å². The molecule has 1 amide bonds. The maximum absolute atomic E-state index is 11.2. The van der Waals surface area contributed by atoms with Gasteiger partial charge in [-0.3, -0.25) is 4.79 Å². The third kappa shape index (κ3) is 6.85. The Hall–Kier alpha value is -1.54. The van der Waals surface area contributed by atoms with E-state index in [9.17, 15) is 9.59 Å². The summed E-state index contributed by atoms with van der Waals surface area (Å²) in [5.41, 5.74) is 0. The summed E-state index contributed by atoms with van der Waals surface area (Å²) in [6.45, 7) is -0.0141. The Balaban J connectivity index is 3.64. The van der Waals surface area contributed by atoms with Crippen LogP contribution in [0.5, 0.6) is 0 Å². The largest absolute Gasteiger partial charge is 0.479 e. The molecule has 5 nitrogen and oxygen atoms in total. The number of unbranched alkanes of at least 4 members (excludes halogenated alkanes) is 2. The van der Waals surface area contributed by atoms with Crippen LogP contribution in [0.15, 0.2) is 0 Å². The van der Waals surface area contributed by atoms with Crippen LogP contribution in [0.4, 0.5) is 0 Å². The van der Waals surface area contributed by atoms with Crippen LogP contribution in [0.3, 0.4) is 0 Å². The highest BCUT2D eigenvalue weighted by atomic mass is 16.5. The number of nitrogens with one attached hydrogen (secondary N) is 1. The lowest BCUT2D eigenvalue weighted by Gasteiger charge is -2.11. The summed E-state index contributed by atoms with van der Waals surface area (Å²) in [5, 5.41) is 11.1. The first kappa shape index (κ1) is 14.5. The van der Waals surface area contributed by atoms with Gasteiger partial charge in [-0.2, -0.15) is 0 Å². The van der Waals surface area contributed by atoms with Crippen molar-refractivity contribution in [3.8, 4) is 12.3 Å². The molecular formula is C11H17NO4. The molecule has 0 radical (unpaired) electrons. The number of carbonyl (C=O) groups excluding carboxylic acids is 1. The number of methoxy groups -OCH3 is 1. The van der Waals surface area contributed by atoms with Gasteiger partial charge in [-0.15, -0.1) is 12.3 Å². The van der Waals surface area contributed by atoms with Crippen molar-refractivity contribution in [2.75, 3.05) is 13.7 Å². The molecule has 0 saturated heterocycles. The quantitative estimate of drug-likeness (QED) is 0.465. The van der Waals surface area contributed by atoms with Crippen molar-refractivity contribution in [2.24, 2.45) is 0 Å². The second-order valence-electron chi connectivity index (χ2n) is 3.28. The smallest absolute Gasteiger partial charge is 0.334 e. The maximum Gasteiger partial charge on any atom is 0.334 e. The van der Waals surface area contributed by atoms with Crippen LogP contribution >= 0.6 is 0 Å². The lowest BCUT2D eigenvalue weighted by atomic mass is 10.2. The molecule has 0 bridgehead atoms. The van der Waals surface area contributed by atoms with E-state index in [1.807, 2.05) is 0 Å². The van der Waals surface area contributed by atoms with Crippen LogP contribution in [-0.4, -0.2) is 36.7 Å². The molecule has 0 aromatic carbocycles. The fraction of sp³-hybridized carbons (Fsp3) is 0.636. The van der Waals surface area contributed by atoms with Gasteiger partial charge in [0.2, 0.25) is 5.91 Å². The number of ether oxygens (including phenoxy) is 1. The number of carbonyl (C=O) groups is 2. The minimum absolute atomic E-state index is 0.0141. The minimum atomic E-state index is -1.09. The molecule has 0 aromatic rings. The molecule has 16 heavy (non-hydrogen) atoms. The Kier molecular flexibility index (Phi) is 7.90. The van der Waals surface area contributed by atoms with E-state index in [0.717, 1.165) is 6.42 Å². The highest BCUT2D eigenvalue weighted by Crippen LogP contribution is 1.98. The van der Waals surface area contributed by atoms with Crippen LogP contribution in [0.25, 0.3) is 0 Å². The fourth-order valence-electron chi connectivity index (χ4n) is 1.08. The van der Waals surface area contributed by atoms with E-state index in [0.29, 0.717) is 19.3 Å². The van der Waals surface area contributed by atoms with Crippen LogP contribution in [-0.2, 0) is 14.3 Å². The van der Waals surface area contributed by atoms with Gasteiger partial charge in [0.05, 0.1) is 6.54 Å². The topological polar surface area (TPSA) is 75.6 Å². The molecule has 90 valence electrons. The van der Waals surface area contributed by atoms with Crippen molar-refractivity contribution in [1.82, 2.24) is 5.32 Å². The second-order valence-corrected chi connectivity index (χ2v) is 3.28. The fourth-order valence-corrected chi connectivity index (χ4v) is 1.08. The van der Waals surface area contributed by atoms with Gasteiger partial charge in [-0.25, -0.2) is 4.79 Å². The zero-order chi connectivity index (χ0) is 12.4. The predicted octanol–water partition coefficient (Wildman–Crippen LogP) is 0.396. The van der Waals surface area contributed by atoms with Gasteiger partial charge in [-0.05, 0) is 12.8 Å². The summed E-state index contributed by atoms with van der Waals surface area (Å²) in [7, 11) is 1.29. The van der Waals surface area contributed by atoms with Crippen LogP contribution < -0.4 is 5.32 Å². The number of carboxylic acid groups (broad SMARTS) is 1. The van der Waals surface area contributed by atoms with Gasteiger partial charge in [0, 0.05) is 20.0 Å². The van der Waals surface area contributed by atoms with Gasteiger partial charge in [0.1, 0.15) is 0 Å². The first-order valence-electron chi connectivity index (χ1n) is 5.07. The number of carboxylic acids is 1. The molecule has 0 spiro atoms. The van der Waals surface area contributed by atoms with E-state index >= 15 is 0 Å². The summed E-state index contributed by atoms with van der Waals surface area (Å²) in [5.74, 6) is 1.22. The van der Waals surface area contributed by atoms with E-state index in [1.165, 1.54) is 7.11 Å². The van der Waals surface area contributed by atoms with E-state index in [-0.39, 0.29) is 12.5 Å². The average molecular weight is 227 g/mol. The number of terminal acetylenes is 1. The summed E-state index contributed by atoms with van der Waals surface area (Å²) >= 11 is 0. The van der Waals surface area contributed by atoms with Crippen molar-refractivity contribution in [3.63, 3.8) is 0 Å². The highest BCUT2D eigenvalue weighted by Gasteiger charge is 2.16. The van der Waals surface area contributed by atoms with Gasteiger partial charge < -0.3 is 15.2 Å². The van der Waals surface area contributed by atoms with Gasteiger partial charge >= 0.3 is 5.97 Å². The second kappa shape index (κ2) is 8.74. The third-order valence-electron chi connectivity index (χ3n) is 2.02. The van der Waals surface area contributed by atoms with Gasteiger partial charge in [0.15, 0.2) is 6.10 Å². The molecule has 1 atom stereocenters. The van der Waals surface area contributed by atoms with Crippen molar-refractivity contribution >= 4 is 11.9 Å². The minimum Gasteiger partial charge on any atom is -0.479 e. The molecule has 0 fully saturated rings. The lowest BCUT2D eigenvalue weighted by Crippen LogP contribution is -2.37. The Morgan fingerprint density at radius 2 is 2.19 bits per heavy atom. The first-order valence-corrected chi connectivity index (χ1v) is 5.07. The SMILES string of the molecule is C#CCCCCC(=O)NCC(OC)C(=O)O. The molecule has 0 aliphatic heterocycles. The van der Waals surface area contributed by atoms with E-state index in [2.05, 4.69) is 16.0 Å². The summed E-state index contributed by atoms with van der Waals surface area (Å²) < 4.78 is 4.66. The number of aliphatic carboxylic acids is 1. The lowest BCUT2D eigenvalue weighted by molar-refractivity contribution is -0.148. The monoisotopic (exact) mass is 227 g/mol. The number of amides is 1. The van der Waals surface area contributed by atoms with Crippen molar-refractivity contribution in [1.29, 1.82) is 0 Å². The summed E-state index contributed by atoms with van der Waals surface area (Å²) in [6, 6.07) is 0. The molecule has 0 aromatic heterocycles. The summed E-state index contributed by atoms with van der Waals surface area (Å²) in [4.78, 5) is 21.8. The molecule has 0 saturated carbocycles. The molecule has 1 unspecified atom stereocenters. The Morgan fingerprint density at radius 1 is 1.50 bits per heavy atom. The molecule has 0 heterocycles. The Morgan fingerprint density at radius 3 is 2.69 bits per heavy atom. The molecule has 0 aliphatic carbocycles. The zero-order valence-electron chi connectivity index (χ0n) is 9.36. The van der Waals surface area contributed by atoms with E-state index < -0.39 is 12.1 Å². The summed E-state index contributed by atoms with van der Waals surface area (Å²) in [6.07, 6.45) is 6.60. The van der Waals surface area contributed by atoms with Crippen LogP contribution in [0.1, 0.15) is 25.7 Å². The molecule has 0 rings (SSSR count). The number of hydrogen-bond donors (Lipinski definition) is 2. The third-order valence-corrected chi connectivity index (χ3v) is 2.02. The van der Waals surface area contributed by atoms with Gasteiger partial charge in [-0.1, -0.05) is 0 Å².